The highest BCUT2D eigenvalue weighted by Gasteiger charge is 2.23. The molecule has 1 aliphatic rings. The molecule has 2 amide bonds. The van der Waals surface area contributed by atoms with Crippen molar-refractivity contribution in [1.82, 2.24) is 15.3 Å². The van der Waals surface area contributed by atoms with E-state index in [2.05, 4.69) is 30.7 Å². The lowest BCUT2D eigenvalue weighted by atomic mass is 10.1. The van der Waals surface area contributed by atoms with Crippen molar-refractivity contribution in [3.05, 3.63) is 71.0 Å². The van der Waals surface area contributed by atoms with Crippen LogP contribution in [0.1, 0.15) is 51.4 Å². The first-order valence-corrected chi connectivity index (χ1v) is 14.1. The van der Waals surface area contributed by atoms with Crippen molar-refractivity contribution >= 4 is 41.0 Å². The van der Waals surface area contributed by atoms with E-state index in [1.807, 2.05) is 32.0 Å². The Morgan fingerprint density at radius 3 is 2.57 bits per heavy atom. The van der Waals surface area contributed by atoms with Gasteiger partial charge in [-0.15, -0.1) is 0 Å². The molecule has 3 aromatic rings. The van der Waals surface area contributed by atoms with Crippen LogP contribution >= 0.6 is 11.6 Å². The van der Waals surface area contributed by atoms with Crippen LogP contribution in [0.5, 0.6) is 0 Å². The molecule has 2 aromatic carbocycles. The number of benzene rings is 2. The largest absolute Gasteiger partial charge is 0.391 e. The van der Waals surface area contributed by atoms with Crippen molar-refractivity contribution in [2.24, 2.45) is 17.3 Å². The van der Waals surface area contributed by atoms with Gasteiger partial charge in [0.05, 0.1) is 23.6 Å². The predicted octanol–water partition coefficient (Wildman–Crippen LogP) is 4.20. The van der Waals surface area contributed by atoms with Crippen molar-refractivity contribution in [3.63, 3.8) is 0 Å². The van der Waals surface area contributed by atoms with Gasteiger partial charge >= 0.3 is 0 Å². The number of aromatic nitrogens is 2. The van der Waals surface area contributed by atoms with Crippen LogP contribution in [0.25, 0.3) is 11.3 Å². The summed E-state index contributed by atoms with van der Waals surface area (Å²) in [4.78, 5) is 31.8. The van der Waals surface area contributed by atoms with Crippen molar-refractivity contribution in [2.75, 3.05) is 36.4 Å². The molecule has 0 saturated carbocycles. The fraction of sp³-hybridized carbons (Fsp3) is 0.345. The van der Waals surface area contributed by atoms with E-state index in [0.717, 1.165) is 47.8 Å². The van der Waals surface area contributed by atoms with Gasteiger partial charge in [0, 0.05) is 42.7 Å². The van der Waals surface area contributed by atoms with E-state index in [4.69, 9.17) is 28.9 Å². The first kappa shape index (κ1) is 33.9. The molecule has 0 fully saturated rings. The lowest BCUT2D eigenvalue weighted by molar-refractivity contribution is -0.118. The van der Waals surface area contributed by atoms with Crippen LogP contribution in [0.2, 0.25) is 5.02 Å². The maximum atomic E-state index is 13.1. The molecule has 228 valence electrons. The second kappa shape index (κ2) is 17.5. The molecule has 2 heterocycles. The van der Waals surface area contributed by atoms with Gasteiger partial charge < -0.3 is 37.1 Å². The molecule has 0 spiro atoms. The number of anilines is 3. The summed E-state index contributed by atoms with van der Waals surface area (Å²) in [7, 11) is 3.25. The molecular formula is C29H42ClN9O3. The average molecular weight is 600 g/mol. The van der Waals surface area contributed by atoms with Gasteiger partial charge in [0.15, 0.2) is 0 Å². The third-order valence-electron chi connectivity index (χ3n) is 6.12. The monoisotopic (exact) mass is 599 g/mol. The van der Waals surface area contributed by atoms with Crippen LogP contribution < -0.4 is 38.3 Å². The van der Waals surface area contributed by atoms with Crippen LogP contribution in [0.15, 0.2) is 60.2 Å². The summed E-state index contributed by atoms with van der Waals surface area (Å²) >= 11 is 6.03. The number of methoxy groups -OCH3 is 1. The summed E-state index contributed by atoms with van der Waals surface area (Å²) < 4.78 is 4.25. The number of hydrazine groups is 1. The van der Waals surface area contributed by atoms with E-state index in [9.17, 15) is 9.59 Å². The molecule has 1 aliphatic heterocycles. The third kappa shape index (κ3) is 9.40. The summed E-state index contributed by atoms with van der Waals surface area (Å²) in [5.41, 5.74) is 15.7. The van der Waals surface area contributed by atoms with Crippen molar-refractivity contribution in [3.8, 4) is 11.3 Å². The number of hydrogen-bond donors (Lipinski definition) is 7. The highest BCUT2D eigenvalue weighted by atomic mass is 35.5. The Balaban J connectivity index is 0.00000116. The topological polar surface area (TPSA) is 189 Å². The Morgan fingerprint density at radius 2 is 1.88 bits per heavy atom. The van der Waals surface area contributed by atoms with Gasteiger partial charge in [-0.2, -0.15) is 0 Å². The number of rotatable bonds is 6. The molecule has 0 radical (unpaired) electrons. The summed E-state index contributed by atoms with van der Waals surface area (Å²) in [6, 6.07) is 11.9. The maximum Gasteiger partial charge on any atom is 0.271 e. The first-order valence-electron chi connectivity index (χ1n) is 13.7. The van der Waals surface area contributed by atoms with Crippen molar-refractivity contribution in [2.45, 2.75) is 45.6 Å². The molecule has 42 heavy (non-hydrogen) atoms. The minimum Gasteiger partial charge on any atom is -0.391 e. The molecule has 1 atom stereocenters. The van der Waals surface area contributed by atoms with E-state index in [1.54, 1.807) is 44.7 Å². The number of imidazole rings is 1. The Bertz CT molecular complexity index is 1330. The van der Waals surface area contributed by atoms with E-state index in [-0.39, 0.29) is 11.5 Å². The van der Waals surface area contributed by atoms with E-state index < -0.39 is 11.9 Å². The molecule has 12 nitrogen and oxygen atoms in total. The predicted molar refractivity (Wildman–Crippen MR) is 169 cm³/mol. The number of carbonyl (C=O) groups excluding carboxylic acids is 2. The smallest absolute Gasteiger partial charge is 0.271 e. The van der Waals surface area contributed by atoms with Gasteiger partial charge in [-0.25, -0.2) is 10.8 Å². The Labute approximate surface area is 252 Å². The number of ether oxygens (including phenoxy) is 1. The number of nitrogens with zero attached hydrogens (tertiary/aromatic N) is 2. The van der Waals surface area contributed by atoms with Crippen LogP contribution in [-0.2, 0) is 14.3 Å². The third-order valence-corrected chi connectivity index (χ3v) is 6.35. The normalized spacial score (nSPS) is 14.8. The minimum atomic E-state index is -0.559. The Hall–Kier alpha value is -4.26. The van der Waals surface area contributed by atoms with Gasteiger partial charge in [0.1, 0.15) is 17.3 Å². The van der Waals surface area contributed by atoms with Gasteiger partial charge in [0.2, 0.25) is 6.41 Å². The number of hydrogen-bond acceptors (Lipinski definition) is 9. The quantitative estimate of drug-likeness (QED) is 0.0942. The second-order valence-electron chi connectivity index (χ2n) is 9.06. The van der Waals surface area contributed by atoms with E-state index in [0.29, 0.717) is 35.1 Å². The summed E-state index contributed by atoms with van der Waals surface area (Å²) in [5, 5.41) is 10.6. The number of nitrogens with one attached hydrogen (secondary N) is 4. The minimum absolute atomic E-state index is 0.104. The molecule has 0 aliphatic carbocycles. The molecule has 1 aromatic heterocycles. The zero-order chi connectivity index (χ0) is 31.1. The average Bonchev–Trinajstić information content (AvgIpc) is 3.48. The van der Waals surface area contributed by atoms with Gasteiger partial charge in [-0.1, -0.05) is 44.4 Å². The Morgan fingerprint density at radius 1 is 1.14 bits per heavy atom. The Kier molecular flexibility index (Phi) is 14.2. The lowest BCUT2D eigenvalue weighted by Crippen LogP contribution is -2.41. The van der Waals surface area contributed by atoms with Crippen LogP contribution in [0.4, 0.5) is 17.1 Å². The fourth-order valence-corrected chi connectivity index (χ4v) is 4.32. The number of amides is 2. The number of halogens is 1. The molecular weight excluding hydrogens is 558 g/mol. The number of aromatic amines is 1. The van der Waals surface area contributed by atoms with Gasteiger partial charge in [-0.3, -0.25) is 14.6 Å². The zero-order valence-corrected chi connectivity index (χ0v) is 25.3. The van der Waals surface area contributed by atoms with Gasteiger partial charge in [-0.05, 0) is 49.2 Å². The second-order valence-corrected chi connectivity index (χ2v) is 9.50. The highest BCUT2D eigenvalue weighted by molar-refractivity contribution is 6.30. The standard InChI is InChI=1S/C25H30ClN9O2.C2H6O.C2H6/c26-15-5-4-6-17(11-15)35(29)23(28)22(27)25(37)34-19-7-2-1-3-10-30-20-12-16(32-14-36)8-9-18(20)21-13-31-24(19)33-21;1-3-2;1-2/h4-6,8-9,11-14,19,30H,1-3,7,10,27-29H2,(H,31,33)(H,32,36)(H,34,37);1-2H3;1-2H3/b23-22-;;. The van der Waals surface area contributed by atoms with Gasteiger partial charge in [0.25, 0.3) is 5.91 Å². The van der Waals surface area contributed by atoms with Crippen molar-refractivity contribution in [1.29, 1.82) is 0 Å². The lowest BCUT2D eigenvalue weighted by Gasteiger charge is -2.22. The molecule has 0 saturated heterocycles. The van der Waals surface area contributed by atoms with Crippen LogP contribution in [0.3, 0.4) is 0 Å². The number of H-pyrrole nitrogens is 1. The molecule has 1 unspecified atom stereocenters. The highest BCUT2D eigenvalue weighted by Crippen LogP contribution is 2.31. The van der Waals surface area contributed by atoms with Crippen LogP contribution in [0, 0.1) is 0 Å². The summed E-state index contributed by atoms with van der Waals surface area (Å²) in [6.07, 6.45) is 5.74. The molecule has 13 heteroatoms. The SMILES string of the molecule is CC.COC.N/C(C(=O)NC1CCCCCNc2cc(NC=O)ccc2-c2cnc1[nH]2)=C(/N)N(N)c1cccc(Cl)c1. The van der Waals surface area contributed by atoms with Crippen LogP contribution in [-0.4, -0.2) is 43.0 Å². The number of nitrogens with two attached hydrogens (primary N) is 3. The molecule has 10 N–H and O–H groups in total. The maximum absolute atomic E-state index is 13.1. The summed E-state index contributed by atoms with van der Waals surface area (Å²) in [6.45, 7) is 4.76. The molecule has 4 rings (SSSR count). The fourth-order valence-electron chi connectivity index (χ4n) is 4.13. The van der Waals surface area contributed by atoms with E-state index in [1.165, 1.54) is 0 Å². The van der Waals surface area contributed by atoms with E-state index >= 15 is 0 Å². The first-order chi connectivity index (χ1) is 20.3. The zero-order valence-electron chi connectivity index (χ0n) is 24.5. The molecule has 2 bridgehead atoms. The van der Waals surface area contributed by atoms with Crippen molar-refractivity contribution < 1.29 is 14.3 Å². The summed E-state index contributed by atoms with van der Waals surface area (Å²) in [5.74, 6) is 6.02. The number of fused-ring (bicyclic) bond motifs is 4. The number of carbonyl (C=O) groups is 2.